The summed E-state index contributed by atoms with van der Waals surface area (Å²) in [5, 5.41) is 30.2. The highest BCUT2D eigenvalue weighted by atomic mass is 16.4. The smallest absolute Gasteiger partial charge is 0.312 e. The number of anilines is 1. The van der Waals surface area contributed by atoms with Gasteiger partial charge in [0.2, 0.25) is 5.89 Å². The molecule has 6 nitrogen and oxygen atoms in total. The molecule has 0 radical (unpaired) electrons. The molecule has 186 valence electrons. The van der Waals surface area contributed by atoms with Gasteiger partial charge in [0.1, 0.15) is 0 Å². The third-order valence-electron chi connectivity index (χ3n) is 11.4. The van der Waals surface area contributed by atoms with E-state index in [2.05, 4.69) is 37.9 Å². The Morgan fingerprint density at radius 2 is 1.76 bits per heavy atom. The van der Waals surface area contributed by atoms with Gasteiger partial charge in [0, 0.05) is 6.42 Å². The SMILES string of the molecule is CC[C@@H]1C2C[C@H](O)CCC2(C)C2CCC3(C)C([C@H](C)CCc4nnc(N)o4)CC[C@H]3[C@@H]2[C@@H]1O. The molecule has 0 aromatic carbocycles. The molecule has 1 aromatic rings. The van der Waals surface area contributed by atoms with E-state index in [9.17, 15) is 10.2 Å². The number of nitrogen functional groups attached to an aromatic ring is 1. The maximum Gasteiger partial charge on any atom is 0.312 e. The zero-order valence-corrected chi connectivity index (χ0v) is 21.0. The van der Waals surface area contributed by atoms with Gasteiger partial charge >= 0.3 is 6.01 Å². The van der Waals surface area contributed by atoms with Crippen LogP contribution < -0.4 is 5.73 Å². The molecule has 0 aliphatic heterocycles. The van der Waals surface area contributed by atoms with E-state index in [-0.39, 0.29) is 23.6 Å². The Balaban J connectivity index is 1.37. The first-order valence-electron chi connectivity index (χ1n) is 13.6. The predicted octanol–water partition coefficient (Wildman–Crippen LogP) is 4.85. The van der Waals surface area contributed by atoms with Gasteiger partial charge < -0.3 is 20.4 Å². The molecule has 0 saturated heterocycles. The van der Waals surface area contributed by atoms with Gasteiger partial charge in [-0.25, -0.2) is 0 Å². The molecular weight excluding hydrogens is 414 g/mol. The van der Waals surface area contributed by atoms with Crippen LogP contribution in [0.4, 0.5) is 6.01 Å². The highest BCUT2D eigenvalue weighted by Gasteiger charge is 2.64. The zero-order chi connectivity index (χ0) is 23.5. The second kappa shape index (κ2) is 8.51. The van der Waals surface area contributed by atoms with Crippen LogP contribution in [0.3, 0.4) is 0 Å². The number of rotatable bonds is 5. The number of aliphatic hydroxyl groups excluding tert-OH is 2. The van der Waals surface area contributed by atoms with E-state index in [1.54, 1.807) is 0 Å². The third-order valence-corrected chi connectivity index (χ3v) is 11.4. The Hall–Kier alpha value is -1.14. The second-order valence-electron chi connectivity index (χ2n) is 12.7. The van der Waals surface area contributed by atoms with Gasteiger partial charge in [-0.15, -0.1) is 5.10 Å². The van der Waals surface area contributed by atoms with Gasteiger partial charge in [-0.3, -0.25) is 0 Å². The largest absolute Gasteiger partial charge is 0.408 e. The molecule has 1 aromatic heterocycles. The van der Waals surface area contributed by atoms with Crippen LogP contribution in [0, 0.1) is 52.3 Å². The summed E-state index contributed by atoms with van der Waals surface area (Å²) < 4.78 is 5.41. The van der Waals surface area contributed by atoms with Crippen molar-refractivity contribution in [3.63, 3.8) is 0 Å². The number of fused-ring (bicyclic) bond motifs is 5. The van der Waals surface area contributed by atoms with E-state index in [4.69, 9.17) is 10.2 Å². The summed E-state index contributed by atoms with van der Waals surface area (Å²) in [6.45, 7) is 9.71. The van der Waals surface area contributed by atoms with Crippen LogP contribution in [-0.2, 0) is 6.42 Å². The first-order valence-corrected chi connectivity index (χ1v) is 13.6. The van der Waals surface area contributed by atoms with Crippen molar-refractivity contribution >= 4 is 6.01 Å². The molecular formula is C27H45N3O3. The van der Waals surface area contributed by atoms with Crippen molar-refractivity contribution in [1.82, 2.24) is 10.2 Å². The molecule has 4 aliphatic rings. The van der Waals surface area contributed by atoms with Crippen LogP contribution in [0.2, 0.25) is 0 Å². The lowest BCUT2D eigenvalue weighted by Gasteiger charge is -2.64. The highest BCUT2D eigenvalue weighted by molar-refractivity contribution is 5.13. The minimum absolute atomic E-state index is 0.155. The van der Waals surface area contributed by atoms with Crippen molar-refractivity contribution < 1.29 is 14.6 Å². The third kappa shape index (κ3) is 3.65. The maximum atomic E-state index is 11.8. The fourth-order valence-electron chi connectivity index (χ4n) is 9.85. The first-order chi connectivity index (χ1) is 15.7. The molecule has 5 rings (SSSR count). The molecule has 5 unspecified atom stereocenters. The summed E-state index contributed by atoms with van der Waals surface area (Å²) in [4.78, 5) is 0. The van der Waals surface area contributed by atoms with Crippen molar-refractivity contribution in [2.75, 3.05) is 5.73 Å². The summed E-state index contributed by atoms with van der Waals surface area (Å²) in [6, 6.07) is 0.155. The topological polar surface area (TPSA) is 105 Å². The number of aliphatic hydroxyl groups is 2. The van der Waals surface area contributed by atoms with E-state index in [0.29, 0.717) is 52.7 Å². The number of nitrogens with zero attached hydrogens (tertiary/aromatic N) is 2. The lowest BCUT2D eigenvalue weighted by molar-refractivity contribution is -0.203. The van der Waals surface area contributed by atoms with Crippen LogP contribution in [0.1, 0.15) is 91.4 Å². The van der Waals surface area contributed by atoms with Gasteiger partial charge in [0.05, 0.1) is 12.2 Å². The summed E-state index contributed by atoms with van der Waals surface area (Å²) in [6.07, 6.45) is 10.4. The minimum Gasteiger partial charge on any atom is -0.408 e. The fourth-order valence-corrected chi connectivity index (χ4v) is 9.85. The van der Waals surface area contributed by atoms with Crippen molar-refractivity contribution in [3.8, 4) is 0 Å². The van der Waals surface area contributed by atoms with Crippen molar-refractivity contribution in [3.05, 3.63) is 5.89 Å². The van der Waals surface area contributed by atoms with E-state index in [1.165, 1.54) is 25.7 Å². The van der Waals surface area contributed by atoms with E-state index < -0.39 is 0 Å². The number of nitrogens with two attached hydrogens (primary N) is 1. The second-order valence-corrected chi connectivity index (χ2v) is 12.7. The van der Waals surface area contributed by atoms with Crippen molar-refractivity contribution in [2.45, 2.75) is 104 Å². The van der Waals surface area contributed by atoms with E-state index >= 15 is 0 Å². The Morgan fingerprint density at radius 3 is 2.45 bits per heavy atom. The standard InChI is InChI=1S/C27H45N3O3/c1-5-17-21-14-16(31)10-12-27(21,4)20-11-13-26(3)18(7-8-19(26)23(20)24(17)32)15(2)6-9-22-29-30-25(28)33-22/h15-21,23-24,31-32H,5-14H2,1-4H3,(H2,28,30)/t15-,16-,17-,18?,19+,20?,21?,23+,24-,26?,27?/m1/s1. The van der Waals surface area contributed by atoms with E-state index in [0.717, 1.165) is 38.5 Å². The van der Waals surface area contributed by atoms with Gasteiger partial charge in [0.25, 0.3) is 0 Å². The number of hydrogen-bond acceptors (Lipinski definition) is 6. The summed E-state index contributed by atoms with van der Waals surface area (Å²) in [7, 11) is 0. The van der Waals surface area contributed by atoms with Crippen LogP contribution >= 0.6 is 0 Å². The lowest BCUT2D eigenvalue weighted by atomic mass is 9.41. The molecule has 6 heteroatoms. The minimum atomic E-state index is -0.219. The molecule has 0 amide bonds. The van der Waals surface area contributed by atoms with Crippen molar-refractivity contribution in [1.29, 1.82) is 0 Å². The number of aryl methyl sites for hydroxylation is 1. The summed E-state index contributed by atoms with van der Waals surface area (Å²) in [5.74, 6) is 4.32. The average molecular weight is 460 g/mol. The van der Waals surface area contributed by atoms with Crippen LogP contribution in [-0.4, -0.2) is 32.6 Å². The molecule has 4 saturated carbocycles. The van der Waals surface area contributed by atoms with Gasteiger partial charge in [0.15, 0.2) is 0 Å². The van der Waals surface area contributed by atoms with E-state index in [1.807, 2.05) is 0 Å². The Morgan fingerprint density at radius 1 is 1.03 bits per heavy atom. The normalized spacial score (nSPS) is 48.1. The van der Waals surface area contributed by atoms with Crippen LogP contribution in [0.25, 0.3) is 0 Å². The van der Waals surface area contributed by atoms with Crippen molar-refractivity contribution in [2.24, 2.45) is 52.3 Å². The number of aromatic nitrogens is 2. The average Bonchev–Trinajstić information content (AvgIpc) is 3.36. The lowest BCUT2D eigenvalue weighted by Crippen LogP contribution is -2.62. The first kappa shape index (κ1) is 23.6. The Kier molecular flexibility index (Phi) is 6.09. The monoisotopic (exact) mass is 459 g/mol. The summed E-state index contributed by atoms with van der Waals surface area (Å²) in [5.41, 5.74) is 6.17. The molecule has 4 N–H and O–H groups in total. The number of hydrogen-bond donors (Lipinski definition) is 3. The molecule has 11 atom stereocenters. The van der Waals surface area contributed by atoms with Gasteiger partial charge in [-0.1, -0.05) is 39.2 Å². The molecule has 33 heavy (non-hydrogen) atoms. The van der Waals surface area contributed by atoms with Gasteiger partial charge in [-0.2, -0.15) is 0 Å². The highest BCUT2D eigenvalue weighted by Crippen LogP contribution is 2.69. The van der Waals surface area contributed by atoms with Gasteiger partial charge in [-0.05, 0) is 104 Å². The molecule has 0 spiro atoms. The molecule has 4 fully saturated rings. The van der Waals surface area contributed by atoms with Crippen LogP contribution in [0.15, 0.2) is 4.42 Å². The van der Waals surface area contributed by atoms with Crippen LogP contribution in [0.5, 0.6) is 0 Å². The maximum absolute atomic E-state index is 11.8. The summed E-state index contributed by atoms with van der Waals surface area (Å²) >= 11 is 0. The Bertz CT molecular complexity index is 844. The predicted molar refractivity (Wildman–Crippen MR) is 128 cm³/mol. The quantitative estimate of drug-likeness (QED) is 0.581. The Labute approximate surface area is 199 Å². The zero-order valence-electron chi connectivity index (χ0n) is 21.0. The molecule has 4 aliphatic carbocycles. The molecule has 0 bridgehead atoms. The molecule has 1 heterocycles. The fraction of sp³-hybridized carbons (Fsp3) is 0.926.